The third-order valence-corrected chi connectivity index (χ3v) is 7.20. The molecule has 0 aromatic carbocycles. The van der Waals surface area contributed by atoms with E-state index in [4.69, 9.17) is 0 Å². The molecule has 0 spiro atoms. The minimum absolute atomic E-state index is 0.169. The number of fused-ring (bicyclic) bond motifs is 1. The van der Waals surface area contributed by atoms with Gasteiger partial charge in [0.2, 0.25) is 5.91 Å². The lowest BCUT2D eigenvalue weighted by Crippen LogP contribution is -2.43. The topological polar surface area (TPSA) is 72.8 Å². The average Bonchev–Trinajstić information content (AvgIpc) is 3.20. The molecule has 0 saturated heterocycles. The molecule has 0 aromatic rings. The highest BCUT2D eigenvalue weighted by Gasteiger charge is 2.43. The second-order valence-electron chi connectivity index (χ2n) is 10.9. The van der Waals surface area contributed by atoms with Gasteiger partial charge in [-0.05, 0) is 72.1 Å². The van der Waals surface area contributed by atoms with Gasteiger partial charge in [0.05, 0.1) is 11.7 Å². The van der Waals surface area contributed by atoms with E-state index in [1.54, 1.807) is 0 Å². The molecule has 0 bridgehead atoms. The molecule has 0 unspecified atom stereocenters. The Hall–Kier alpha value is -1.17. The zero-order valence-corrected chi connectivity index (χ0v) is 21.3. The van der Waals surface area contributed by atoms with Crippen LogP contribution in [0, 0.1) is 17.8 Å². The summed E-state index contributed by atoms with van der Waals surface area (Å²) < 4.78 is 0. The first kappa shape index (κ1) is 27.1. The molecule has 1 fully saturated rings. The van der Waals surface area contributed by atoms with Crippen molar-refractivity contribution < 1.29 is 15.0 Å². The Morgan fingerprint density at radius 3 is 2.62 bits per heavy atom. The summed E-state index contributed by atoms with van der Waals surface area (Å²) in [4.78, 5) is 14.5. The van der Waals surface area contributed by atoms with Gasteiger partial charge in [0.25, 0.3) is 0 Å². The van der Waals surface area contributed by atoms with E-state index in [0.29, 0.717) is 31.2 Å². The predicted octanol–water partition coefficient (Wildman–Crippen LogP) is 4.44. The van der Waals surface area contributed by atoms with Crippen LogP contribution in [0.1, 0.15) is 86.5 Å². The number of unbranched alkanes of at least 4 members (excludes halogenated alkanes) is 1. The Bertz CT molecular complexity index is 645. The lowest BCUT2D eigenvalue weighted by Gasteiger charge is -2.31. The average molecular weight is 449 g/mol. The summed E-state index contributed by atoms with van der Waals surface area (Å²) in [5.41, 5.74) is 0.744. The third kappa shape index (κ3) is 7.71. The predicted molar refractivity (Wildman–Crippen MR) is 132 cm³/mol. The molecular formula is C27H48N2O3. The number of carbonyl (C=O) groups excluding carboxylic acids is 1. The number of carbonyl (C=O) groups is 1. The van der Waals surface area contributed by atoms with Crippen LogP contribution in [-0.2, 0) is 4.79 Å². The van der Waals surface area contributed by atoms with Crippen molar-refractivity contribution in [3.05, 3.63) is 23.8 Å². The van der Waals surface area contributed by atoms with E-state index in [1.165, 1.54) is 5.57 Å². The summed E-state index contributed by atoms with van der Waals surface area (Å²) >= 11 is 0. The smallest absolute Gasteiger partial charge is 0.224 e. The maximum atomic E-state index is 12.5. The van der Waals surface area contributed by atoms with Crippen LogP contribution in [0.4, 0.5) is 0 Å². The quantitative estimate of drug-likeness (QED) is 0.288. The standard InChI is InChI=1S/C27H48N2O3/c1-7-8-12-27(6,32)13-9-10-23-24-16-21(15-22(24)17-25(23)30)18-28-14-11-26(31)29(19(2)3)20(4)5/h9-10,15,19-20,22-25,28,30,32H,7-8,11-14,16-18H2,1-6H3/t22-,23+,24-,25+,27-/m0/s1. The molecule has 184 valence electrons. The van der Waals surface area contributed by atoms with Gasteiger partial charge < -0.3 is 20.4 Å². The summed E-state index contributed by atoms with van der Waals surface area (Å²) in [5.74, 6) is 1.28. The van der Waals surface area contributed by atoms with Gasteiger partial charge in [0, 0.05) is 37.5 Å². The van der Waals surface area contributed by atoms with E-state index in [0.717, 1.165) is 38.6 Å². The minimum Gasteiger partial charge on any atom is -0.392 e. The fourth-order valence-corrected chi connectivity index (χ4v) is 5.62. The first-order chi connectivity index (χ1) is 15.1. The van der Waals surface area contributed by atoms with E-state index in [2.05, 4.69) is 58.2 Å². The molecule has 3 N–H and O–H groups in total. The van der Waals surface area contributed by atoms with Crippen LogP contribution in [-0.4, -0.2) is 57.9 Å². The largest absolute Gasteiger partial charge is 0.392 e. The highest BCUT2D eigenvalue weighted by molar-refractivity contribution is 5.77. The van der Waals surface area contributed by atoms with Crippen LogP contribution in [0.3, 0.4) is 0 Å². The number of nitrogens with one attached hydrogen (secondary N) is 1. The molecule has 5 atom stereocenters. The van der Waals surface area contributed by atoms with E-state index in [-0.39, 0.29) is 30.0 Å². The summed E-state index contributed by atoms with van der Waals surface area (Å²) in [6.45, 7) is 13.8. The van der Waals surface area contributed by atoms with Gasteiger partial charge in [-0.3, -0.25) is 4.79 Å². The fraction of sp³-hybridized carbons (Fsp3) is 0.815. The zero-order chi connectivity index (χ0) is 23.9. The summed E-state index contributed by atoms with van der Waals surface area (Å²) in [6.07, 6.45) is 12.3. The first-order valence-electron chi connectivity index (χ1n) is 12.8. The van der Waals surface area contributed by atoms with Crippen LogP contribution in [0.15, 0.2) is 23.8 Å². The van der Waals surface area contributed by atoms with E-state index in [1.807, 2.05) is 11.8 Å². The molecule has 0 radical (unpaired) electrons. The van der Waals surface area contributed by atoms with Gasteiger partial charge in [-0.1, -0.05) is 43.6 Å². The number of amides is 1. The van der Waals surface area contributed by atoms with E-state index in [9.17, 15) is 15.0 Å². The molecule has 5 heteroatoms. The van der Waals surface area contributed by atoms with Gasteiger partial charge in [-0.2, -0.15) is 0 Å². The van der Waals surface area contributed by atoms with Gasteiger partial charge >= 0.3 is 0 Å². The normalized spacial score (nSPS) is 27.2. The lowest BCUT2D eigenvalue weighted by molar-refractivity contribution is -0.134. The molecule has 1 saturated carbocycles. The number of rotatable bonds is 13. The Morgan fingerprint density at radius 2 is 2.00 bits per heavy atom. The summed E-state index contributed by atoms with van der Waals surface area (Å²) in [6, 6.07) is 0.456. The molecule has 32 heavy (non-hydrogen) atoms. The van der Waals surface area contributed by atoms with Gasteiger partial charge in [-0.25, -0.2) is 0 Å². The van der Waals surface area contributed by atoms with Crippen LogP contribution >= 0.6 is 0 Å². The Balaban J connectivity index is 1.78. The molecule has 2 rings (SSSR count). The van der Waals surface area contributed by atoms with Crippen molar-refractivity contribution in [1.82, 2.24) is 10.2 Å². The fourth-order valence-electron chi connectivity index (χ4n) is 5.62. The number of nitrogens with zero attached hydrogens (tertiary/aromatic N) is 1. The Labute approximate surface area is 196 Å². The lowest BCUT2D eigenvalue weighted by atomic mass is 9.88. The molecule has 5 nitrogen and oxygen atoms in total. The second kappa shape index (κ2) is 12.3. The van der Waals surface area contributed by atoms with Crippen molar-refractivity contribution in [3.63, 3.8) is 0 Å². The number of hydrogen-bond donors (Lipinski definition) is 3. The maximum absolute atomic E-state index is 12.5. The minimum atomic E-state index is -0.656. The van der Waals surface area contributed by atoms with Crippen molar-refractivity contribution in [3.8, 4) is 0 Å². The molecule has 2 aliphatic carbocycles. The van der Waals surface area contributed by atoms with Crippen molar-refractivity contribution >= 4 is 5.91 Å². The Kier molecular flexibility index (Phi) is 10.4. The first-order valence-corrected chi connectivity index (χ1v) is 12.8. The highest BCUT2D eigenvalue weighted by Crippen LogP contribution is 2.47. The highest BCUT2D eigenvalue weighted by atomic mass is 16.3. The molecule has 0 aromatic heterocycles. The molecule has 0 aliphatic heterocycles. The van der Waals surface area contributed by atoms with Crippen LogP contribution in [0.25, 0.3) is 0 Å². The third-order valence-electron chi connectivity index (χ3n) is 7.20. The summed E-state index contributed by atoms with van der Waals surface area (Å²) in [5, 5.41) is 24.5. The van der Waals surface area contributed by atoms with E-state index < -0.39 is 5.60 Å². The van der Waals surface area contributed by atoms with Crippen LogP contribution in [0.2, 0.25) is 0 Å². The van der Waals surface area contributed by atoms with Crippen LogP contribution < -0.4 is 5.32 Å². The molecule has 2 aliphatic rings. The van der Waals surface area contributed by atoms with Crippen molar-refractivity contribution in [2.75, 3.05) is 13.1 Å². The number of aliphatic hydroxyl groups is 2. The van der Waals surface area contributed by atoms with Crippen molar-refractivity contribution in [1.29, 1.82) is 0 Å². The molecular weight excluding hydrogens is 400 g/mol. The van der Waals surface area contributed by atoms with Gasteiger partial charge in [0.1, 0.15) is 0 Å². The van der Waals surface area contributed by atoms with Crippen LogP contribution in [0.5, 0.6) is 0 Å². The van der Waals surface area contributed by atoms with Crippen molar-refractivity contribution in [2.45, 2.75) is 110 Å². The van der Waals surface area contributed by atoms with E-state index >= 15 is 0 Å². The maximum Gasteiger partial charge on any atom is 0.224 e. The van der Waals surface area contributed by atoms with Gasteiger partial charge in [-0.15, -0.1) is 0 Å². The Morgan fingerprint density at radius 1 is 1.31 bits per heavy atom. The number of allylic oxidation sites excluding steroid dienone is 1. The van der Waals surface area contributed by atoms with Gasteiger partial charge in [0.15, 0.2) is 0 Å². The number of aliphatic hydroxyl groups excluding tert-OH is 1. The SMILES string of the molecule is CCCC[C@](C)(O)CC=C[C@@H]1[C@H]2CC(CNCCC(=O)N(C(C)C)C(C)C)=C[C@H]2C[C@H]1O. The zero-order valence-electron chi connectivity index (χ0n) is 21.3. The molecule has 1 amide bonds. The monoisotopic (exact) mass is 448 g/mol. The number of hydrogen-bond acceptors (Lipinski definition) is 4. The second-order valence-corrected chi connectivity index (χ2v) is 10.9. The summed E-state index contributed by atoms with van der Waals surface area (Å²) in [7, 11) is 0. The molecule has 0 heterocycles. The van der Waals surface area contributed by atoms with Crippen molar-refractivity contribution in [2.24, 2.45) is 17.8 Å².